The predicted octanol–water partition coefficient (Wildman–Crippen LogP) is 10.0. The summed E-state index contributed by atoms with van der Waals surface area (Å²) in [4.78, 5) is 12.4. The molecule has 2 aromatic heterocycles. The molecule has 0 amide bonds. The predicted molar refractivity (Wildman–Crippen MR) is 186 cm³/mol. The summed E-state index contributed by atoms with van der Waals surface area (Å²) in [6.45, 7) is 20.5. The molecule has 4 aromatic carbocycles. The second kappa shape index (κ2) is 12.4. The van der Waals surface area contributed by atoms with Gasteiger partial charge in [-0.25, -0.2) is 4.98 Å². The summed E-state index contributed by atoms with van der Waals surface area (Å²) in [7, 11) is 1.95. The van der Waals surface area contributed by atoms with E-state index in [1.807, 2.05) is 48.2 Å². The van der Waals surface area contributed by atoms with Gasteiger partial charge in [-0.05, 0) is 90.1 Å². The minimum absolute atomic E-state index is 0. The van der Waals surface area contributed by atoms with Crippen molar-refractivity contribution in [3.63, 3.8) is 0 Å². The summed E-state index contributed by atoms with van der Waals surface area (Å²) < 4.78 is 8.55. The van der Waals surface area contributed by atoms with Gasteiger partial charge in [0.2, 0.25) is 0 Å². The molecule has 7 heteroatoms. The van der Waals surface area contributed by atoms with E-state index in [-0.39, 0.29) is 26.5 Å². The molecule has 0 aliphatic carbocycles. The van der Waals surface area contributed by atoms with Crippen molar-refractivity contribution in [2.75, 3.05) is 11.9 Å². The van der Waals surface area contributed by atoms with Gasteiger partial charge in [-0.2, -0.15) is 12.7 Å². The topological polar surface area (TPSA) is 37.9 Å². The molecule has 47 heavy (non-hydrogen) atoms. The Morgan fingerprint density at radius 3 is 2.36 bits per heavy atom. The third-order valence-corrected chi connectivity index (χ3v) is 8.47. The number of aromatic nitrogens is 2. The van der Waals surface area contributed by atoms with Crippen LogP contribution in [-0.2, 0) is 26.5 Å². The van der Waals surface area contributed by atoms with Crippen molar-refractivity contribution in [1.82, 2.24) is 14.5 Å². The van der Waals surface area contributed by atoms with Gasteiger partial charge in [-0.15, -0.1) is 41.4 Å². The Labute approximate surface area is 291 Å². The summed E-state index contributed by atoms with van der Waals surface area (Å²) in [5.41, 5.74) is 9.18. The molecule has 0 spiro atoms. The van der Waals surface area contributed by atoms with Crippen LogP contribution in [0.4, 0.5) is 11.4 Å². The summed E-state index contributed by atoms with van der Waals surface area (Å²) >= 11 is 0. The number of anilines is 1. The summed E-state index contributed by atoms with van der Waals surface area (Å²) in [5.74, 6) is 1.80. The van der Waals surface area contributed by atoms with Gasteiger partial charge < -0.3 is 19.1 Å². The first-order valence-electron chi connectivity index (χ1n) is 15.3. The van der Waals surface area contributed by atoms with Crippen LogP contribution in [0.15, 0.2) is 91.4 Å². The Bertz CT molecular complexity index is 2200. The number of aryl methyl sites for hydroxylation is 2. The molecule has 0 N–H and O–H groups in total. The Kier molecular flexibility index (Phi) is 8.47. The maximum atomic E-state index is 7.67. The van der Waals surface area contributed by atoms with Crippen molar-refractivity contribution < 1.29 is 25.8 Å². The van der Waals surface area contributed by atoms with E-state index in [4.69, 9.17) is 16.3 Å². The average Bonchev–Trinajstić information content (AvgIpc) is 3.61. The van der Waals surface area contributed by atoms with Gasteiger partial charge in [-0.1, -0.05) is 56.6 Å². The Morgan fingerprint density at radius 2 is 1.66 bits per heavy atom. The zero-order chi connectivity index (χ0) is 32.2. The number of hydrogen-bond donors (Lipinski definition) is 0. The molecule has 1 aliphatic rings. The Morgan fingerprint density at radius 1 is 0.872 bits per heavy atom. The molecule has 0 radical (unpaired) electrons. The summed E-state index contributed by atoms with van der Waals surface area (Å²) in [5, 5.41) is 2.17. The van der Waals surface area contributed by atoms with Crippen LogP contribution in [0.2, 0.25) is 0 Å². The molecule has 6 aromatic rings. The summed E-state index contributed by atoms with van der Waals surface area (Å²) in [6.07, 6.45) is 5.74. The van der Waals surface area contributed by atoms with Crippen LogP contribution >= 0.6 is 0 Å². The number of rotatable bonds is 5. The van der Waals surface area contributed by atoms with Gasteiger partial charge in [0, 0.05) is 44.3 Å². The van der Waals surface area contributed by atoms with E-state index in [0.29, 0.717) is 17.2 Å². The Hall–Kier alpha value is -4.85. The number of hydrogen-bond acceptors (Lipinski definition) is 4. The number of nitrogens with zero attached hydrogens (tertiary/aromatic N) is 5. The second-order valence-electron chi connectivity index (χ2n) is 12.9. The van der Waals surface area contributed by atoms with Crippen molar-refractivity contribution >= 4 is 33.2 Å². The van der Waals surface area contributed by atoms with Gasteiger partial charge in [-0.3, -0.25) is 4.85 Å². The minimum atomic E-state index is -0.0395. The van der Waals surface area contributed by atoms with E-state index < -0.39 is 0 Å². The second-order valence-corrected chi connectivity index (χ2v) is 12.9. The fourth-order valence-electron chi connectivity index (χ4n) is 6.14. The Balaban J connectivity index is 0.00000386. The van der Waals surface area contributed by atoms with Crippen LogP contribution in [0.5, 0.6) is 11.5 Å². The normalized spacial score (nSPS) is 12.9. The van der Waals surface area contributed by atoms with Crippen LogP contribution in [0.3, 0.4) is 0 Å². The van der Waals surface area contributed by atoms with Crippen molar-refractivity contribution in [2.24, 2.45) is 0 Å². The number of pyridine rings is 1. The van der Waals surface area contributed by atoms with Crippen molar-refractivity contribution in [3.05, 3.63) is 138 Å². The van der Waals surface area contributed by atoms with Crippen molar-refractivity contribution in [1.29, 1.82) is 0 Å². The molecule has 0 saturated heterocycles. The van der Waals surface area contributed by atoms with Crippen LogP contribution in [0, 0.1) is 39.2 Å². The number of fused-ring (bicyclic) bond motifs is 3. The first kappa shape index (κ1) is 32.1. The quantitative estimate of drug-likeness (QED) is 0.163. The minimum Gasteiger partial charge on any atom is -0.510 e. The van der Waals surface area contributed by atoms with E-state index in [0.717, 1.165) is 33.3 Å². The molecule has 3 heterocycles. The third-order valence-electron chi connectivity index (χ3n) is 8.47. The zero-order valence-corrected chi connectivity index (χ0v) is 29.5. The van der Waals surface area contributed by atoms with E-state index in [1.54, 1.807) is 12.1 Å². The van der Waals surface area contributed by atoms with E-state index >= 15 is 0 Å². The first-order valence-corrected chi connectivity index (χ1v) is 15.3. The van der Waals surface area contributed by atoms with E-state index in [1.165, 1.54) is 27.8 Å². The van der Waals surface area contributed by atoms with E-state index in [9.17, 15) is 0 Å². The van der Waals surface area contributed by atoms with Gasteiger partial charge in [0.25, 0.3) is 0 Å². The molecule has 238 valence electrons. The van der Waals surface area contributed by atoms with Crippen LogP contribution in [-0.4, -0.2) is 21.5 Å². The number of benzene rings is 4. The molecule has 0 unspecified atom stereocenters. The molecule has 1 aliphatic heterocycles. The molecular weight excluding hydrogens is 762 g/mol. The molecule has 7 rings (SSSR count). The fourth-order valence-corrected chi connectivity index (χ4v) is 6.14. The molecule has 6 nitrogen and oxygen atoms in total. The smallest absolute Gasteiger partial charge is 0.135 e. The molecule has 0 bridgehead atoms. The van der Waals surface area contributed by atoms with Crippen LogP contribution < -0.4 is 9.64 Å². The summed E-state index contributed by atoms with van der Waals surface area (Å²) in [6, 6.07) is 31.8. The maximum Gasteiger partial charge on any atom is 0.135 e. The average molecular weight is 796 g/mol. The van der Waals surface area contributed by atoms with Gasteiger partial charge in [0.15, 0.2) is 0 Å². The molecule has 0 atom stereocenters. The van der Waals surface area contributed by atoms with Crippen LogP contribution in [0.1, 0.15) is 37.5 Å². The largest absolute Gasteiger partial charge is 0.510 e. The van der Waals surface area contributed by atoms with Gasteiger partial charge >= 0.3 is 0 Å². The van der Waals surface area contributed by atoms with Gasteiger partial charge in [0.05, 0.1) is 12.3 Å². The third kappa shape index (κ3) is 6.04. The maximum absolute atomic E-state index is 7.67. The van der Waals surface area contributed by atoms with E-state index in [2.05, 4.69) is 111 Å². The van der Waals surface area contributed by atoms with Crippen LogP contribution in [0.25, 0.3) is 43.6 Å². The number of ether oxygens (including phenoxy) is 1. The molecule has 0 saturated carbocycles. The van der Waals surface area contributed by atoms with Gasteiger partial charge in [0.1, 0.15) is 5.82 Å². The molecular formula is C40H34N5OPt-3. The van der Waals surface area contributed by atoms with Crippen molar-refractivity contribution in [2.45, 2.75) is 40.0 Å². The fraction of sp³-hybridized carbons (Fsp3) is 0.175. The first-order chi connectivity index (χ1) is 22.1. The molecule has 0 fully saturated rings. The SMILES string of the molecule is [C-]#[N+]c1cc(Oc2[c-]c3c(cc2)c2cc(-c4c(C)cccc4C)ccc2n3-c2cc(C(C)(C)C)ccn2)[c-]c(N2C=CN(C)[CH-]2)c1.[Pt]. The monoisotopic (exact) mass is 795 g/mol. The zero-order valence-electron chi connectivity index (χ0n) is 27.2. The van der Waals surface area contributed by atoms with Crippen molar-refractivity contribution in [3.8, 4) is 28.4 Å². The standard InChI is InChI=1S/C40H34N5O.Pt/c1-26-9-8-10-27(2)39(26)28-11-14-36-35(19-28)34-13-12-32(24-37(34)45(36)38-20-29(15-16-42-38)40(3,4)5)46-33-22-30(41-6)21-31(23-33)44-18-17-43(7)25-44;/h8-22,25H,1-5,7H3;/q-3;.